The molecule has 0 saturated carbocycles. The predicted octanol–water partition coefficient (Wildman–Crippen LogP) is 10.0. The third-order valence-corrected chi connectivity index (χ3v) is 9.96. The Kier molecular flexibility index (Phi) is 36.2. The van der Waals surface area contributed by atoms with Gasteiger partial charge in [-0.15, -0.1) is 23.2 Å². The molecule has 53 heavy (non-hydrogen) atoms. The van der Waals surface area contributed by atoms with Crippen molar-refractivity contribution in [2.75, 3.05) is 18.6 Å². The van der Waals surface area contributed by atoms with Gasteiger partial charge in [-0.2, -0.15) is 0 Å². The van der Waals surface area contributed by atoms with Crippen molar-refractivity contribution in [3.05, 3.63) is 0 Å². The molecule has 0 fully saturated rings. The first-order chi connectivity index (χ1) is 25.7. The molecule has 12 heteroatoms. The first-order valence-corrected chi connectivity index (χ1v) is 21.9. The van der Waals surface area contributed by atoms with Crippen LogP contribution in [0.15, 0.2) is 0 Å². The molecular formula is C41H74Cl2O10. The van der Waals surface area contributed by atoms with Crippen molar-refractivity contribution in [1.29, 1.82) is 0 Å². The molecule has 2 N–H and O–H groups in total. The van der Waals surface area contributed by atoms with Crippen LogP contribution in [0.4, 0.5) is 0 Å². The zero-order chi connectivity index (χ0) is 39.4. The minimum atomic E-state index is -0.712. The molecule has 0 spiro atoms. The highest BCUT2D eigenvalue weighted by Crippen LogP contribution is 2.20. The van der Waals surface area contributed by atoms with E-state index in [1.165, 1.54) is 38.5 Å². The normalized spacial score (nSPS) is 13.5. The van der Waals surface area contributed by atoms with E-state index in [0.717, 1.165) is 89.9 Å². The summed E-state index contributed by atoms with van der Waals surface area (Å²) in [5.74, 6) is -2.25. The van der Waals surface area contributed by atoms with Crippen molar-refractivity contribution in [3.8, 4) is 0 Å². The lowest BCUT2D eigenvalue weighted by molar-refractivity contribution is -0.167. The van der Waals surface area contributed by atoms with E-state index >= 15 is 0 Å². The molecule has 0 aliphatic carbocycles. The summed E-state index contributed by atoms with van der Waals surface area (Å²) in [6, 6.07) is 0. The minimum absolute atomic E-state index is 0.223. The number of hydrogen-bond acceptors (Lipinski definition) is 10. The Morgan fingerprint density at radius 1 is 0.434 bits per heavy atom. The highest BCUT2D eigenvalue weighted by molar-refractivity contribution is 6.26. The number of carbonyl (C=O) groups is 4. The Morgan fingerprint density at radius 3 is 1.08 bits per heavy atom. The fourth-order valence-electron chi connectivity index (χ4n) is 6.30. The number of unbranched alkanes of at least 4 members (excludes halogenated alkanes) is 18. The van der Waals surface area contributed by atoms with Gasteiger partial charge < -0.3 is 29.2 Å². The second-order valence-electron chi connectivity index (χ2n) is 14.3. The lowest BCUT2D eigenvalue weighted by Gasteiger charge is -2.23. The van der Waals surface area contributed by atoms with Crippen LogP contribution < -0.4 is 0 Å². The van der Waals surface area contributed by atoms with Crippen LogP contribution in [0.3, 0.4) is 0 Å². The standard InChI is InChI=1S/C41H74Cl2O10/c1-3-5-7-9-15-21-27-36(52-40(48)31-42)34(44)25-19-13-11-17-23-29-38(46)50-33-51-39(47)30-24-18-12-14-20-26-35(45)37(53-41(49)32-43)28-22-16-10-8-6-4-2/h34-37,44-45H,3-33H2,1-2H3. The summed E-state index contributed by atoms with van der Waals surface area (Å²) in [4.78, 5) is 47.5. The van der Waals surface area contributed by atoms with Crippen molar-refractivity contribution < 1.29 is 48.3 Å². The van der Waals surface area contributed by atoms with Gasteiger partial charge in [0, 0.05) is 12.8 Å². The maximum absolute atomic E-state index is 12.0. The molecule has 0 aromatic heterocycles. The third-order valence-electron chi connectivity index (χ3n) is 9.53. The number of halogens is 2. The summed E-state index contributed by atoms with van der Waals surface area (Å²) < 4.78 is 20.9. The summed E-state index contributed by atoms with van der Waals surface area (Å²) in [6.07, 6.45) is 22.0. The number of hydrogen-bond donors (Lipinski definition) is 2. The van der Waals surface area contributed by atoms with Crippen LogP contribution in [0.2, 0.25) is 0 Å². The van der Waals surface area contributed by atoms with E-state index in [2.05, 4.69) is 13.8 Å². The number of aliphatic hydroxyl groups excluding tert-OH is 2. The Morgan fingerprint density at radius 2 is 0.736 bits per heavy atom. The van der Waals surface area contributed by atoms with Crippen molar-refractivity contribution >= 4 is 47.1 Å². The van der Waals surface area contributed by atoms with Crippen LogP contribution >= 0.6 is 23.2 Å². The van der Waals surface area contributed by atoms with Crippen LogP contribution in [0.25, 0.3) is 0 Å². The van der Waals surface area contributed by atoms with Gasteiger partial charge in [0.15, 0.2) is 0 Å². The Balaban J connectivity index is 3.96. The molecule has 0 aromatic rings. The van der Waals surface area contributed by atoms with Crippen molar-refractivity contribution in [2.24, 2.45) is 0 Å². The Labute approximate surface area is 331 Å². The molecule has 0 amide bonds. The number of ether oxygens (including phenoxy) is 4. The molecule has 0 aromatic carbocycles. The van der Waals surface area contributed by atoms with Gasteiger partial charge in [-0.3, -0.25) is 19.2 Å². The molecule has 10 nitrogen and oxygen atoms in total. The van der Waals surface area contributed by atoms with Crippen LogP contribution in [0, 0.1) is 0 Å². The highest BCUT2D eigenvalue weighted by atomic mass is 35.5. The fourth-order valence-corrected chi connectivity index (χ4v) is 6.42. The van der Waals surface area contributed by atoms with Crippen molar-refractivity contribution in [1.82, 2.24) is 0 Å². The molecule has 4 atom stereocenters. The van der Waals surface area contributed by atoms with Gasteiger partial charge in [0.1, 0.15) is 24.0 Å². The van der Waals surface area contributed by atoms with Gasteiger partial charge in [0.2, 0.25) is 6.79 Å². The van der Waals surface area contributed by atoms with E-state index in [-0.39, 0.29) is 31.4 Å². The van der Waals surface area contributed by atoms with E-state index in [1.807, 2.05) is 0 Å². The molecule has 0 rings (SSSR count). The predicted molar refractivity (Wildman–Crippen MR) is 211 cm³/mol. The molecule has 0 radical (unpaired) electrons. The molecule has 0 saturated heterocycles. The van der Waals surface area contributed by atoms with Gasteiger partial charge >= 0.3 is 23.9 Å². The summed E-state index contributed by atoms with van der Waals surface area (Å²) in [6.45, 7) is 3.98. The minimum Gasteiger partial charge on any atom is -0.459 e. The molecule has 0 aliphatic heterocycles. The van der Waals surface area contributed by atoms with Gasteiger partial charge in [-0.05, 0) is 51.4 Å². The Hall–Kier alpha value is -1.62. The Bertz CT molecular complexity index is 836. The molecule has 4 unspecified atom stereocenters. The lowest BCUT2D eigenvalue weighted by Crippen LogP contribution is -2.32. The number of esters is 4. The highest BCUT2D eigenvalue weighted by Gasteiger charge is 2.23. The average molecular weight is 798 g/mol. The van der Waals surface area contributed by atoms with E-state index in [0.29, 0.717) is 38.5 Å². The van der Waals surface area contributed by atoms with Crippen LogP contribution in [-0.2, 0) is 38.1 Å². The van der Waals surface area contributed by atoms with Crippen molar-refractivity contribution in [3.63, 3.8) is 0 Å². The van der Waals surface area contributed by atoms with Gasteiger partial charge in [0.05, 0.1) is 12.2 Å². The zero-order valence-electron chi connectivity index (χ0n) is 33.1. The summed E-state index contributed by atoms with van der Waals surface area (Å²) in [5.41, 5.74) is 0. The van der Waals surface area contributed by atoms with Crippen LogP contribution in [0.1, 0.15) is 194 Å². The van der Waals surface area contributed by atoms with Gasteiger partial charge in [-0.25, -0.2) is 0 Å². The zero-order valence-corrected chi connectivity index (χ0v) is 34.7. The number of rotatable bonds is 38. The molecule has 0 aliphatic rings. The third kappa shape index (κ3) is 32.3. The monoisotopic (exact) mass is 796 g/mol. The molecular weight excluding hydrogens is 723 g/mol. The second kappa shape index (κ2) is 37.3. The molecule has 0 heterocycles. The fraction of sp³-hybridized carbons (Fsp3) is 0.902. The first-order valence-electron chi connectivity index (χ1n) is 20.9. The second-order valence-corrected chi connectivity index (χ2v) is 14.9. The van der Waals surface area contributed by atoms with Gasteiger partial charge in [-0.1, -0.05) is 129 Å². The first kappa shape index (κ1) is 51.4. The largest absolute Gasteiger partial charge is 0.459 e. The lowest BCUT2D eigenvalue weighted by atomic mass is 9.99. The van der Waals surface area contributed by atoms with Crippen LogP contribution in [-0.4, -0.2) is 77.1 Å². The number of aliphatic hydroxyl groups is 2. The SMILES string of the molecule is CCCCCCCCC(OC(=O)CCl)C(O)CCCCCCCC(=O)OCOC(=O)CCCCCCCC(O)C(CCCCCCCC)OC(=O)CCl. The summed E-state index contributed by atoms with van der Waals surface area (Å²) in [7, 11) is 0. The van der Waals surface area contributed by atoms with E-state index in [1.54, 1.807) is 0 Å². The van der Waals surface area contributed by atoms with Crippen LogP contribution in [0.5, 0.6) is 0 Å². The quantitative estimate of drug-likeness (QED) is 0.0204. The maximum atomic E-state index is 12.0. The van der Waals surface area contributed by atoms with E-state index in [4.69, 9.17) is 42.1 Å². The summed E-state index contributed by atoms with van der Waals surface area (Å²) in [5, 5.41) is 21.3. The van der Waals surface area contributed by atoms with E-state index in [9.17, 15) is 29.4 Å². The number of carbonyl (C=O) groups excluding carboxylic acids is 4. The van der Waals surface area contributed by atoms with Gasteiger partial charge in [0.25, 0.3) is 0 Å². The molecule has 312 valence electrons. The maximum Gasteiger partial charge on any atom is 0.321 e. The number of alkyl halides is 2. The summed E-state index contributed by atoms with van der Waals surface area (Å²) >= 11 is 11.2. The topological polar surface area (TPSA) is 146 Å². The van der Waals surface area contributed by atoms with Crippen molar-refractivity contribution in [2.45, 2.75) is 218 Å². The molecule has 0 bridgehead atoms. The smallest absolute Gasteiger partial charge is 0.321 e. The van der Waals surface area contributed by atoms with E-state index < -0.39 is 48.3 Å². The average Bonchev–Trinajstić information content (AvgIpc) is 3.15.